The lowest BCUT2D eigenvalue weighted by atomic mass is 9.79. The zero-order valence-corrected chi connectivity index (χ0v) is 15.4. The standard InChI is InChI=1S/C19H23N5O3/c1-14-9-21-10-17(23-14)26-6-3-15-4-7-27-19(8-15)11-24(12-19)18(25)16-2-5-20-13-22-16/h2,5,9-10,13,15H,3-4,6-8,11-12H2,1H3/t15-/m0/s1. The van der Waals surface area contributed by atoms with E-state index in [2.05, 4.69) is 19.9 Å². The van der Waals surface area contributed by atoms with E-state index in [0.29, 0.717) is 37.2 Å². The number of hydrogen-bond donors (Lipinski definition) is 0. The van der Waals surface area contributed by atoms with Crippen LogP contribution in [0.25, 0.3) is 0 Å². The summed E-state index contributed by atoms with van der Waals surface area (Å²) in [5.41, 5.74) is 1.06. The van der Waals surface area contributed by atoms with Gasteiger partial charge in [0.15, 0.2) is 0 Å². The highest BCUT2D eigenvalue weighted by Gasteiger charge is 2.49. The maximum atomic E-state index is 12.4. The van der Waals surface area contributed by atoms with Gasteiger partial charge in [0.2, 0.25) is 5.88 Å². The van der Waals surface area contributed by atoms with E-state index < -0.39 is 0 Å². The van der Waals surface area contributed by atoms with Crippen LogP contribution in [0.15, 0.2) is 31.0 Å². The Hall–Kier alpha value is -2.61. The monoisotopic (exact) mass is 369 g/mol. The largest absolute Gasteiger partial charge is 0.477 e. The minimum absolute atomic E-state index is 0.0601. The van der Waals surface area contributed by atoms with E-state index in [0.717, 1.165) is 31.6 Å². The maximum absolute atomic E-state index is 12.4. The minimum atomic E-state index is -0.214. The Kier molecular flexibility index (Phi) is 4.98. The third-order valence-electron chi connectivity index (χ3n) is 5.15. The van der Waals surface area contributed by atoms with Gasteiger partial charge in [-0.05, 0) is 38.2 Å². The summed E-state index contributed by atoms with van der Waals surface area (Å²) < 4.78 is 11.8. The van der Waals surface area contributed by atoms with Gasteiger partial charge in [-0.3, -0.25) is 9.78 Å². The second-order valence-corrected chi connectivity index (χ2v) is 7.28. The van der Waals surface area contributed by atoms with Crippen molar-refractivity contribution >= 4 is 5.91 Å². The number of nitrogens with zero attached hydrogens (tertiary/aromatic N) is 5. The average Bonchev–Trinajstić information content (AvgIpc) is 2.66. The zero-order chi connectivity index (χ0) is 18.7. The Bertz CT molecular complexity index is 795. The highest BCUT2D eigenvalue weighted by Crippen LogP contribution is 2.38. The third-order valence-corrected chi connectivity index (χ3v) is 5.15. The average molecular weight is 369 g/mol. The van der Waals surface area contributed by atoms with Gasteiger partial charge in [-0.25, -0.2) is 15.0 Å². The van der Waals surface area contributed by atoms with Gasteiger partial charge in [0.25, 0.3) is 5.91 Å². The molecule has 8 nitrogen and oxygen atoms in total. The van der Waals surface area contributed by atoms with Gasteiger partial charge < -0.3 is 14.4 Å². The molecule has 2 fully saturated rings. The second-order valence-electron chi connectivity index (χ2n) is 7.28. The van der Waals surface area contributed by atoms with Crippen molar-refractivity contribution < 1.29 is 14.3 Å². The molecule has 0 bridgehead atoms. The lowest BCUT2D eigenvalue weighted by molar-refractivity contribution is -0.166. The van der Waals surface area contributed by atoms with Crippen LogP contribution < -0.4 is 4.74 Å². The zero-order valence-electron chi connectivity index (χ0n) is 15.4. The van der Waals surface area contributed by atoms with Crippen molar-refractivity contribution in [3.05, 3.63) is 42.4 Å². The molecule has 2 aliphatic heterocycles. The van der Waals surface area contributed by atoms with Crippen LogP contribution >= 0.6 is 0 Å². The van der Waals surface area contributed by atoms with E-state index in [1.54, 1.807) is 29.6 Å². The van der Waals surface area contributed by atoms with E-state index in [4.69, 9.17) is 9.47 Å². The third kappa shape index (κ3) is 4.05. The predicted molar refractivity (Wildman–Crippen MR) is 96.2 cm³/mol. The lowest BCUT2D eigenvalue weighted by Crippen LogP contribution is -2.66. The number of aromatic nitrogens is 4. The second kappa shape index (κ2) is 7.56. The smallest absolute Gasteiger partial charge is 0.272 e. The summed E-state index contributed by atoms with van der Waals surface area (Å²) in [5.74, 6) is 1.03. The minimum Gasteiger partial charge on any atom is -0.477 e. The van der Waals surface area contributed by atoms with Crippen molar-refractivity contribution in [1.82, 2.24) is 24.8 Å². The van der Waals surface area contributed by atoms with Crippen molar-refractivity contribution in [2.45, 2.75) is 31.8 Å². The van der Waals surface area contributed by atoms with E-state index >= 15 is 0 Å². The fraction of sp³-hybridized carbons (Fsp3) is 0.526. The molecule has 2 saturated heterocycles. The molecule has 0 saturated carbocycles. The number of amides is 1. The number of hydrogen-bond acceptors (Lipinski definition) is 7. The van der Waals surface area contributed by atoms with Gasteiger partial charge in [0.05, 0.1) is 31.6 Å². The fourth-order valence-electron chi connectivity index (χ4n) is 3.81. The lowest BCUT2D eigenvalue weighted by Gasteiger charge is -2.53. The van der Waals surface area contributed by atoms with Crippen LogP contribution in [0.3, 0.4) is 0 Å². The summed E-state index contributed by atoms with van der Waals surface area (Å²) in [4.78, 5) is 30.5. The summed E-state index contributed by atoms with van der Waals surface area (Å²) in [7, 11) is 0. The Balaban J connectivity index is 1.26. The fourth-order valence-corrected chi connectivity index (χ4v) is 3.81. The molecule has 0 aromatic carbocycles. The molecule has 2 aliphatic rings. The molecule has 4 heterocycles. The molecule has 0 aliphatic carbocycles. The molecule has 4 rings (SSSR count). The van der Waals surface area contributed by atoms with Crippen molar-refractivity contribution in [2.24, 2.45) is 5.92 Å². The molecule has 142 valence electrons. The number of carbonyl (C=O) groups is 1. The van der Waals surface area contributed by atoms with Gasteiger partial charge >= 0.3 is 0 Å². The Morgan fingerprint density at radius 2 is 2.26 bits per heavy atom. The van der Waals surface area contributed by atoms with Gasteiger partial charge in [0, 0.05) is 19.0 Å². The number of ether oxygens (including phenoxy) is 2. The topological polar surface area (TPSA) is 90.3 Å². The van der Waals surface area contributed by atoms with Crippen LogP contribution in [0.4, 0.5) is 0 Å². The first-order valence-corrected chi connectivity index (χ1v) is 9.24. The summed E-state index contributed by atoms with van der Waals surface area (Å²) in [6, 6.07) is 1.64. The van der Waals surface area contributed by atoms with Crippen LogP contribution in [-0.4, -0.2) is 62.6 Å². The van der Waals surface area contributed by atoms with E-state index in [9.17, 15) is 4.79 Å². The molecule has 0 unspecified atom stereocenters. The van der Waals surface area contributed by atoms with E-state index in [1.165, 1.54) is 6.33 Å². The predicted octanol–water partition coefficient (Wildman–Crippen LogP) is 1.67. The Morgan fingerprint density at radius 1 is 1.37 bits per heavy atom. The van der Waals surface area contributed by atoms with Crippen molar-refractivity contribution in [1.29, 1.82) is 0 Å². The number of likely N-dealkylation sites (tertiary alicyclic amines) is 1. The van der Waals surface area contributed by atoms with Gasteiger partial charge in [0.1, 0.15) is 17.6 Å². The first-order valence-electron chi connectivity index (χ1n) is 9.24. The Labute approximate surface area is 158 Å². The molecule has 8 heteroatoms. The Morgan fingerprint density at radius 3 is 3.04 bits per heavy atom. The highest BCUT2D eigenvalue weighted by molar-refractivity contribution is 5.92. The summed E-state index contributed by atoms with van der Waals surface area (Å²) in [6.45, 7) is 4.48. The van der Waals surface area contributed by atoms with E-state index in [1.807, 2.05) is 6.92 Å². The van der Waals surface area contributed by atoms with E-state index in [-0.39, 0.29) is 11.5 Å². The van der Waals surface area contributed by atoms with Crippen LogP contribution in [0.1, 0.15) is 35.4 Å². The van der Waals surface area contributed by atoms with Crippen LogP contribution in [0.5, 0.6) is 5.88 Å². The summed E-state index contributed by atoms with van der Waals surface area (Å²) in [5, 5.41) is 0. The maximum Gasteiger partial charge on any atom is 0.272 e. The molecule has 0 N–H and O–H groups in total. The molecule has 0 radical (unpaired) electrons. The molecule has 1 amide bonds. The number of carbonyl (C=O) groups excluding carboxylic acids is 1. The van der Waals surface area contributed by atoms with Crippen LogP contribution in [-0.2, 0) is 4.74 Å². The quantitative estimate of drug-likeness (QED) is 0.792. The van der Waals surface area contributed by atoms with Gasteiger partial charge in [-0.2, -0.15) is 0 Å². The van der Waals surface area contributed by atoms with Crippen LogP contribution in [0.2, 0.25) is 0 Å². The van der Waals surface area contributed by atoms with Crippen LogP contribution in [0, 0.1) is 12.8 Å². The number of aryl methyl sites for hydroxylation is 1. The van der Waals surface area contributed by atoms with Crippen molar-refractivity contribution in [3.8, 4) is 5.88 Å². The molecule has 1 atom stereocenters. The van der Waals surface area contributed by atoms with Gasteiger partial charge in [-0.1, -0.05) is 0 Å². The summed E-state index contributed by atoms with van der Waals surface area (Å²) >= 11 is 0. The first-order chi connectivity index (χ1) is 13.1. The first kappa shape index (κ1) is 17.8. The summed E-state index contributed by atoms with van der Waals surface area (Å²) in [6.07, 6.45) is 9.24. The molecule has 2 aromatic rings. The SMILES string of the molecule is Cc1cncc(OCC[C@H]2CCOC3(C2)CN(C(=O)c2ccncn2)C3)n1. The molecule has 2 aromatic heterocycles. The normalized spacial score (nSPS) is 20.9. The van der Waals surface area contributed by atoms with Crippen molar-refractivity contribution in [2.75, 3.05) is 26.3 Å². The van der Waals surface area contributed by atoms with Crippen molar-refractivity contribution in [3.63, 3.8) is 0 Å². The molecular weight excluding hydrogens is 346 g/mol. The molecular formula is C19H23N5O3. The highest BCUT2D eigenvalue weighted by atomic mass is 16.5. The molecule has 1 spiro atoms. The van der Waals surface area contributed by atoms with Gasteiger partial charge in [-0.15, -0.1) is 0 Å². The molecule has 27 heavy (non-hydrogen) atoms. The number of rotatable bonds is 5.